The molecule has 0 bridgehead atoms. The molecular formula is C21H21N3O2S. The van der Waals surface area contributed by atoms with Crippen molar-refractivity contribution in [3.05, 3.63) is 70.7 Å². The van der Waals surface area contributed by atoms with Gasteiger partial charge in [0.05, 0.1) is 11.2 Å². The molecule has 0 fully saturated rings. The van der Waals surface area contributed by atoms with Gasteiger partial charge in [-0.05, 0) is 37.1 Å². The molecule has 1 amide bonds. The predicted molar refractivity (Wildman–Crippen MR) is 108 cm³/mol. The number of nitrogens with zero attached hydrogens (tertiary/aromatic N) is 2. The second kappa shape index (κ2) is 7.80. The number of rotatable bonds is 6. The van der Waals surface area contributed by atoms with E-state index in [0.717, 1.165) is 30.0 Å². The van der Waals surface area contributed by atoms with Crippen molar-refractivity contribution in [2.45, 2.75) is 26.0 Å². The number of carbonyl (C=O) groups excluding carboxylic acids is 1. The molecule has 6 heteroatoms. The molecule has 1 aromatic heterocycles. The molecular weight excluding hydrogens is 358 g/mol. The third-order valence-electron chi connectivity index (χ3n) is 4.74. The molecule has 1 unspecified atom stereocenters. The van der Waals surface area contributed by atoms with Gasteiger partial charge < -0.3 is 15.0 Å². The van der Waals surface area contributed by atoms with Crippen molar-refractivity contribution in [3.63, 3.8) is 0 Å². The standard InChI is InChI=1S/C21H21N3O2S/c1-15(24-10-9-16-5-2-3-8-20(16)24)21(25)23-17-6-4-7-19(11-17)26-12-18-13-27-14-22-18/h2-8,11,13-15H,9-10,12H2,1H3,(H,23,25). The summed E-state index contributed by atoms with van der Waals surface area (Å²) in [6, 6.07) is 15.5. The summed E-state index contributed by atoms with van der Waals surface area (Å²) in [6.45, 7) is 3.23. The number of carbonyl (C=O) groups is 1. The van der Waals surface area contributed by atoms with Crippen LogP contribution in [-0.4, -0.2) is 23.5 Å². The van der Waals surface area contributed by atoms with Crippen LogP contribution < -0.4 is 15.0 Å². The van der Waals surface area contributed by atoms with Crippen LogP contribution in [0.3, 0.4) is 0 Å². The molecule has 0 saturated heterocycles. The van der Waals surface area contributed by atoms with Gasteiger partial charge in [-0.3, -0.25) is 4.79 Å². The molecule has 2 aromatic carbocycles. The highest BCUT2D eigenvalue weighted by Crippen LogP contribution is 2.29. The van der Waals surface area contributed by atoms with E-state index >= 15 is 0 Å². The Morgan fingerprint density at radius 1 is 1.30 bits per heavy atom. The Bertz CT molecular complexity index is 927. The zero-order valence-electron chi connectivity index (χ0n) is 15.1. The monoisotopic (exact) mass is 379 g/mol. The largest absolute Gasteiger partial charge is 0.487 e. The molecule has 0 radical (unpaired) electrons. The summed E-state index contributed by atoms with van der Waals surface area (Å²) in [5.41, 5.74) is 5.87. The van der Waals surface area contributed by atoms with E-state index in [-0.39, 0.29) is 11.9 Å². The summed E-state index contributed by atoms with van der Waals surface area (Å²) in [5.74, 6) is 0.684. The number of hydrogen-bond acceptors (Lipinski definition) is 5. The maximum Gasteiger partial charge on any atom is 0.246 e. The molecule has 1 aliphatic heterocycles. The number of anilines is 2. The fourth-order valence-corrected chi connectivity index (χ4v) is 3.83. The van der Waals surface area contributed by atoms with Crippen molar-refractivity contribution in [1.82, 2.24) is 4.98 Å². The second-order valence-corrected chi connectivity index (χ2v) is 7.25. The highest BCUT2D eigenvalue weighted by atomic mass is 32.1. The minimum atomic E-state index is -0.242. The number of para-hydroxylation sites is 1. The Labute approximate surface area is 162 Å². The molecule has 1 N–H and O–H groups in total. The van der Waals surface area contributed by atoms with E-state index in [1.54, 1.807) is 16.8 Å². The fraction of sp³-hybridized carbons (Fsp3) is 0.238. The van der Waals surface area contributed by atoms with Gasteiger partial charge in [-0.15, -0.1) is 11.3 Å². The van der Waals surface area contributed by atoms with Crippen LogP contribution in [-0.2, 0) is 17.8 Å². The number of fused-ring (bicyclic) bond motifs is 1. The van der Waals surface area contributed by atoms with Crippen LogP contribution in [0, 0.1) is 0 Å². The predicted octanol–water partition coefficient (Wildman–Crippen LogP) is 4.11. The summed E-state index contributed by atoms with van der Waals surface area (Å²) < 4.78 is 5.76. The highest BCUT2D eigenvalue weighted by Gasteiger charge is 2.27. The molecule has 5 nitrogen and oxygen atoms in total. The minimum Gasteiger partial charge on any atom is -0.487 e. The quantitative estimate of drug-likeness (QED) is 0.700. The molecule has 138 valence electrons. The average molecular weight is 379 g/mol. The van der Waals surface area contributed by atoms with Gasteiger partial charge in [-0.1, -0.05) is 24.3 Å². The van der Waals surface area contributed by atoms with Crippen LogP contribution in [0.1, 0.15) is 18.2 Å². The summed E-state index contributed by atoms with van der Waals surface area (Å²) >= 11 is 1.54. The molecule has 1 atom stereocenters. The molecule has 2 heterocycles. The van der Waals surface area contributed by atoms with Crippen LogP contribution in [0.25, 0.3) is 0 Å². The lowest BCUT2D eigenvalue weighted by molar-refractivity contribution is -0.117. The molecule has 4 rings (SSSR count). The average Bonchev–Trinajstić information content (AvgIpc) is 3.36. The van der Waals surface area contributed by atoms with Crippen molar-refractivity contribution in [1.29, 1.82) is 0 Å². The van der Waals surface area contributed by atoms with Gasteiger partial charge in [0.2, 0.25) is 5.91 Å². The Balaban J connectivity index is 1.40. The van der Waals surface area contributed by atoms with Crippen molar-refractivity contribution in [3.8, 4) is 5.75 Å². The molecule has 0 aliphatic carbocycles. The Morgan fingerprint density at radius 3 is 3.04 bits per heavy atom. The van der Waals surface area contributed by atoms with E-state index < -0.39 is 0 Å². The van der Waals surface area contributed by atoms with Crippen LogP contribution in [0.4, 0.5) is 11.4 Å². The number of nitrogens with one attached hydrogen (secondary N) is 1. The Hall–Kier alpha value is -2.86. The van der Waals surface area contributed by atoms with Gasteiger partial charge in [0.1, 0.15) is 18.4 Å². The van der Waals surface area contributed by atoms with Gasteiger partial charge in [0.25, 0.3) is 0 Å². The topological polar surface area (TPSA) is 54.5 Å². The lowest BCUT2D eigenvalue weighted by Crippen LogP contribution is -2.41. The van der Waals surface area contributed by atoms with Gasteiger partial charge in [0.15, 0.2) is 0 Å². The molecule has 0 spiro atoms. The minimum absolute atomic E-state index is 0.0247. The van der Waals surface area contributed by atoms with Crippen LogP contribution in [0.5, 0.6) is 5.75 Å². The maximum atomic E-state index is 12.8. The first-order valence-corrected chi connectivity index (χ1v) is 9.90. The summed E-state index contributed by atoms with van der Waals surface area (Å²) in [5, 5.41) is 4.97. The SMILES string of the molecule is CC(C(=O)Nc1cccc(OCc2cscn2)c1)N1CCc2ccccc21. The third kappa shape index (κ3) is 3.95. The third-order valence-corrected chi connectivity index (χ3v) is 5.38. The van der Waals surface area contributed by atoms with Gasteiger partial charge in [0, 0.05) is 29.4 Å². The number of ether oxygens (including phenoxy) is 1. The van der Waals surface area contributed by atoms with E-state index in [1.165, 1.54) is 5.56 Å². The first-order valence-electron chi connectivity index (χ1n) is 8.96. The Morgan fingerprint density at radius 2 is 2.19 bits per heavy atom. The van der Waals surface area contributed by atoms with Crippen LogP contribution in [0.15, 0.2) is 59.4 Å². The number of benzene rings is 2. The van der Waals surface area contributed by atoms with E-state index in [1.807, 2.05) is 48.7 Å². The van der Waals surface area contributed by atoms with Gasteiger partial charge in [-0.2, -0.15) is 0 Å². The first kappa shape index (κ1) is 17.5. The van der Waals surface area contributed by atoms with Crippen molar-refractivity contribution in [2.24, 2.45) is 0 Å². The smallest absolute Gasteiger partial charge is 0.246 e. The van der Waals surface area contributed by atoms with Gasteiger partial charge >= 0.3 is 0 Å². The molecule has 1 aliphatic rings. The van der Waals surface area contributed by atoms with Crippen molar-refractivity contribution in [2.75, 3.05) is 16.8 Å². The zero-order valence-corrected chi connectivity index (χ0v) is 15.9. The molecule has 0 saturated carbocycles. The van der Waals surface area contributed by atoms with Crippen molar-refractivity contribution >= 4 is 28.6 Å². The van der Waals surface area contributed by atoms with Crippen LogP contribution >= 0.6 is 11.3 Å². The number of thiazole rings is 1. The number of aromatic nitrogens is 1. The Kier molecular flexibility index (Phi) is 5.07. The van der Waals surface area contributed by atoms with Gasteiger partial charge in [-0.25, -0.2) is 4.98 Å². The zero-order chi connectivity index (χ0) is 18.6. The van der Waals surface area contributed by atoms with E-state index in [9.17, 15) is 4.79 Å². The fourth-order valence-electron chi connectivity index (χ4n) is 3.28. The normalized spacial score (nSPS) is 13.9. The molecule has 3 aromatic rings. The van der Waals surface area contributed by atoms with E-state index in [4.69, 9.17) is 4.74 Å². The van der Waals surface area contributed by atoms with Crippen LogP contribution in [0.2, 0.25) is 0 Å². The lowest BCUT2D eigenvalue weighted by atomic mass is 10.1. The van der Waals surface area contributed by atoms with E-state index in [0.29, 0.717) is 12.4 Å². The summed E-state index contributed by atoms with van der Waals surface area (Å²) in [4.78, 5) is 19.1. The molecule has 27 heavy (non-hydrogen) atoms. The summed E-state index contributed by atoms with van der Waals surface area (Å²) in [6.07, 6.45) is 0.980. The number of hydrogen-bond donors (Lipinski definition) is 1. The highest BCUT2D eigenvalue weighted by molar-refractivity contribution is 7.07. The number of amides is 1. The lowest BCUT2D eigenvalue weighted by Gasteiger charge is -2.26. The van der Waals surface area contributed by atoms with Crippen molar-refractivity contribution < 1.29 is 9.53 Å². The van der Waals surface area contributed by atoms with E-state index in [2.05, 4.69) is 27.3 Å². The summed E-state index contributed by atoms with van der Waals surface area (Å²) in [7, 11) is 0. The first-order chi connectivity index (χ1) is 13.2. The second-order valence-electron chi connectivity index (χ2n) is 6.53. The maximum absolute atomic E-state index is 12.8.